The van der Waals surface area contributed by atoms with Crippen molar-refractivity contribution in [1.82, 2.24) is 0 Å². The lowest BCUT2D eigenvalue weighted by Crippen LogP contribution is -2.91. The van der Waals surface area contributed by atoms with Gasteiger partial charge in [-0.1, -0.05) is 42.5 Å². The molecule has 0 spiro atoms. The van der Waals surface area contributed by atoms with Gasteiger partial charge in [-0.15, -0.1) is 0 Å². The van der Waals surface area contributed by atoms with Crippen molar-refractivity contribution in [2.45, 2.75) is 32.9 Å². The van der Waals surface area contributed by atoms with E-state index in [-0.39, 0.29) is 23.8 Å². The molecule has 0 aliphatic carbocycles. The molecule has 2 atom stereocenters. The smallest absolute Gasteiger partial charge is 0.282 e. The minimum Gasteiger partial charge on any atom is -0.330 e. The lowest BCUT2D eigenvalue weighted by molar-refractivity contribution is -0.709. The lowest BCUT2D eigenvalue weighted by Gasteiger charge is -2.17. The summed E-state index contributed by atoms with van der Waals surface area (Å²) in [7, 11) is 0. The average molecular weight is 311 g/mol. The van der Waals surface area contributed by atoms with Gasteiger partial charge < -0.3 is 10.6 Å². The Morgan fingerprint density at radius 3 is 2.22 bits per heavy atom. The van der Waals surface area contributed by atoms with Crippen LogP contribution in [0.25, 0.3) is 0 Å². The monoisotopic (exact) mass is 311 g/mol. The van der Waals surface area contributed by atoms with Crippen LogP contribution in [0.3, 0.4) is 0 Å². The Morgan fingerprint density at radius 1 is 0.957 bits per heavy atom. The summed E-state index contributed by atoms with van der Waals surface area (Å²) in [6.45, 7) is 5.44. The summed E-state index contributed by atoms with van der Waals surface area (Å²) in [5.74, 6) is -0.170. The molecule has 0 unspecified atom stereocenters. The number of hydrogen-bond acceptors (Lipinski definition) is 2. The number of rotatable bonds is 6. The highest BCUT2D eigenvalue weighted by Crippen LogP contribution is 2.15. The highest BCUT2D eigenvalue weighted by atomic mass is 16.2. The van der Waals surface area contributed by atoms with E-state index >= 15 is 0 Å². The van der Waals surface area contributed by atoms with Crippen molar-refractivity contribution < 1.29 is 14.9 Å². The van der Waals surface area contributed by atoms with Gasteiger partial charge in [-0.25, -0.2) is 0 Å². The Labute approximate surface area is 136 Å². The highest BCUT2D eigenvalue weighted by molar-refractivity contribution is 6.04. The second-order valence-electron chi connectivity index (χ2n) is 5.77. The topological polar surface area (TPSA) is 62.8 Å². The van der Waals surface area contributed by atoms with Gasteiger partial charge >= 0.3 is 0 Å². The molecule has 0 aliphatic heterocycles. The zero-order valence-corrected chi connectivity index (χ0v) is 13.7. The van der Waals surface area contributed by atoms with E-state index in [0.717, 1.165) is 0 Å². The lowest BCUT2D eigenvalue weighted by atomic mass is 10.1. The quantitative estimate of drug-likeness (QED) is 0.805. The number of ketones is 1. The minimum atomic E-state index is -0.259. The number of amides is 1. The molecule has 0 aromatic heterocycles. The molecule has 0 saturated heterocycles. The molecule has 0 saturated carbocycles. The van der Waals surface area contributed by atoms with E-state index in [1.807, 2.05) is 36.5 Å². The third-order valence-corrected chi connectivity index (χ3v) is 3.88. The molecule has 0 heterocycles. The number of anilines is 1. The maximum atomic E-state index is 12.4. The molecule has 0 radical (unpaired) electrons. The third-order valence-electron chi connectivity index (χ3n) is 3.88. The molecule has 0 aliphatic rings. The molecule has 23 heavy (non-hydrogen) atoms. The second-order valence-corrected chi connectivity index (χ2v) is 5.77. The second kappa shape index (κ2) is 7.70. The average Bonchev–Trinajstić information content (AvgIpc) is 2.55. The van der Waals surface area contributed by atoms with Crippen LogP contribution >= 0.6 is 0 Å². The first-order valence-corrected chi connectivity index (χ1v) is 7.79. The van der Waals surface area contributed by atoms with Gasteiger partial charge in [0.1, 0.15) is 6.04 Å². The zero-order valence-electron chi connectivity index (χ0n) is 13.7. The van der Waals surface area contributed by atoms with Gasteiger partial charge in [-0.2, -0.15) is 0 Å². The summed E-state index contributed by atoms with van der Waals surface area (Å²) >= 11 is 0. The van der Waals surface area contributed by atoms with Crippen LogP contribution in [-0.2, 0) is 4.79 Å². The SMILES string of the molecule is CC(=O)c1ccccc1NC(=O)[C@H](C)[NH2+][C@H](C)c1ccccc1. The molecular weight excluding hydrogens is 288 g/mol. The van der Waals surface area contributed by atoms with E-state index < -0.39 is 0 Å². The Bertz CT molecular complexity index is 683. The molecule has 3 N–H and O–H groups in total. The first-order valence-electron chi connectivity index (χ1n) is 7.79. The number of Topliss-reactive ketones (excluding diaryl/α,β-unsaturated/α-hetero) is 1. The van der Waals surface area contributed by atoms with Gasteiger partial charge in [-0.3, -0.25) is 9.59 Å². The fraction of sp³-hybridized carbons (Fsp3) is 0.263. The Morgan fingerprint density at radius 2 is 1.57 bits per heavy atom. The van der Waals surface area contributed by atoms with Crippen LogP contribution in [0.2, 0.25) is 0 Å². The van der Waals surface area contributed by atoms with Crippen LogP contribution in [0.15, 0.2) is 54.6 Å². The molecule has 2 aromatic carbocycles. The summed E-state index contributed by atoms with van der Waals surface area (Å²) in [5, 5.41) is 4.87. The summed E-state index contributed by atoms with van der Waals surface area (Å²) in [5.41, 5.74) is 2.28. The van der Waals surface area contributed by atoms with Crippen LogP contribution in [0.5, 0.6) is 0 Å². The van der Waals surface area contributed by atoms with E-state index in [1.165, 1.54) is 12.5 Å². The fourth-order valence-electron chi connectivity index (χ4n) is 2.53. The maximum Gasteiger partial charge on any atom is 0.282 e. The van der Waals surface area contributed by atoms with Crippen molar-refractivity contribution in [2.75, 3.05) is 5.32 Å². The third kappa shape index (κ3) is 4.50. The fourth-order valence-corrected chi connectivity index (χ4v) is 2.53. The molecule has 0 fully saturated rings. The Balaban J connectivity index is 2.02. The van der Waals surface area contributed by atoms with Gasteiger partial charge in [-0.05, 0) is 32.9 Å². The Hall–Kier alpha value is -2.46. The number of nitrogens with two attached hydrogens (primary N) is 1. The predicted octanol–water partition coefficient (Wildman–Crippen LogP) is 2.54. The van der Waals surface area contributed by atoms with Crippen molar-refractivity contribution >= 4 is 17.4 Å². The van der Waals surface area contributed by atoms with Crippen molar-refractivity contribution in [1.29, 1.82) is 0 Å². The molecule has 4 nitrogen and oxygen atoms in total. The van der Waals surface area contributed by atoms with Crippen LogP contribution in [0, 0.1) is 0 Å². The summed E-state index contributed by atoms with van der Waals surface area (Å²) in [4.78, 5) is 24.0. The van der Waals surface area contributed by atoms with Crippen LogP contribution in [-0.4, -0.2) is 17.7 Å². The van der Waals surface area contributed by atoms with E-state index in [0.29, 0.717) is 11.3 Å². The number of nitrogens with one attached hydrogen (secondary N) is 1. The van der Waals surface area contributed by atoms with Gasteiger partial charge in [0.05, 0.1) is 5.69 Å². The molecule has 0 bridgehead atoms. The highest BCUT2D eigenvalue weighted by Gasteiger charge is 2.21. The summed E-state index contributed by atoms with van der Waals surface area (Å²) < 4.78 is 0. The first-order chi connectivity index (χ1) is 11.0. The van der Waals surface area contributed by atoms with Crippen molar-refractivity contribution in [3.63, 3.8) is 0 Å². The van der Waals surface area contributed by atoms with Crippen LogP contribution in [0.1, 0.15) is 42.7 Å². The summed E-state index contributed by atoms with van der Waals surface area (Å²) in [6.07, 6.45) is 0. The molecule has 4 heteroatoms. The molecular formula is C19H23N2O2+. The van der Waals surface area contributed by atoms with Gasteiger partial charge in [0.15, 0.2) is 11.8 Å². The molecule has 2 rings (SSSR count). The van der Waals surface area contributed by atoms with Gasteiger partial charge in [0, 0.05) is 11.1 Å². The summed E-state index contributed by atoms with van der Waals surface area (Å²) in [6, 6.07) is 17.1. The van der Waals surface area contributed by atoms with Crippen LogP contribution < -0.4 is 10.6 Å². The van der Waals surface area contributed by atoms with E-state index in [9.17, 15) is 9.59 Å². The zero-order chi connectivity index (χ0) is 16.8. The van der Waals surface area contributed by atoms with Crippen molar-refractivity contribution in [2.24, 2.45) is 0 Å². The normalized spacial score (nSPS) is 13.2. The number of carbonyl (C=O) groups excluding carboxylic acids is 2. The molecule has 120 valence electrons. The number of quaternary nitrogens is 1. The predicted molar refractivity (Wildman–Crippen MR) is 91.3 cm³/mol. The molecule has 1 amide bonds. The van der Waals surface area contributed by atoms with Crippen LogP contribution in [0.4, 0.5) is 5.69 Å². The van der Waals surface area contributed by atoms with E-state index in [2.05, 4.69) is 24.4 Å². The standard InChI is InChI=1S/C19H22N2O2/c1-13(16-9-5-4-6-10-16)20-14(2)19(23)21-18-12-8-7-11-17(18)15(3)22/h4-14,20H,1-3H3,(H,21,23)/p+1/t13-,14+/m1/s1. The number of carbonyl (C=O) groups is 2. The van der Waals surface area contributed by atoms with Crippen molar-refractivity contribution in [3.05, 3.63) is 65.7 Å². The molecule has 2 aromatic rings. The first kappa shape index (κ1) is 16.9. The van der Waals surface area contributed by atoms with Crippen molar-refractivity contribution in [3.8, 4) is 0 Å². The number of benzene rings is 2. The number of hydrogen-bond donors (Lipinski definition) is 2. The van der Waals surface area contributed by atoms with E-state index in [1.54, 1.807) is 18.2 Å². The van der Waals surface area contributed by atoms with E-state index in [4.69, 9.17) is 0 Å². The minimum absolute atomic E-state index is 0.0600. The maximum absolute atomic E-state index is 12.4. The number of para-hydroxylation sites is 1. The Kier molecular flexibility index (Phi) is 5.66. The largest absolute Gasteiger partial charge is 0.330 e. The van der Waals surface area contributed by atoms with Gasteiger partial charge in [0.25, 0.3) is 5.91 Å². The van der Waals surface area contributed by atoms with Gasteiger partial charge in [0.2, 0.25) is 0 Å².